The van der Waals surface area contributed by atoms with E-state index in [1.165, 1.54) is 47.6 Å². The summed E-state index contributed by atoms with van der Waals surface area (Å²) in [6.45, 7) is 4.19. The molecular weight excluding hydrogens is 607 g/mol. The summed E-state index contributed by atoms with van der Waals surface area (Å²) in [6, 6.07) is 26.1. The van der Waals surface area contributed by atoms with Gasteiger partial charge in [-0.3, -0.25) is 14.5 Å². The van der Waals surface area contributed by atoms with E-state index in [4.69, 9.17) is 9.47 Å². The molecule has 1 aliphatic heterocycles. The van der Waals surface area contributed by atoms with Crippen molar-refractivity contribution in [3.8, 4) is 11.5 Å². The van der Waals surface area contributed by atoms with E-state index in [1.807, 2.05) is 42.5 Å². The number of hydrogen-bond acceptors (Lipinski definition) is 9. The molecule has 2 heterocycles. The van der Waals surface area contributed by atoms with Gasteiger partial charge in [0, 0.05) is 11.3 Å². The van der Waals surface area contributed by atoms with Gasteiger partial charge in [-0.2, -0.15) is 0 Å². The van der Waals surface area contributed by atoms with Crippen LogP contribution < -0.4 is 14.4 Å². The lowest BCUT2D eigenvalue weighted by Crippen LogP contribution is -2.29. The van der Waals surface area contributed by atoms with E-state index in [2.05, 4.69) is 48.3 Å². The van der Waals surface area contributed by atoms with Gasteiger partial charge >= 0.3 is 5.91 Å². The van der Waals surface area contributed by atoms with Crippen molar-refractivity contribution in [1.82, 2.24) is 10.2 Å². The van der Waals surface area contributed by atoms with Crippen molar-refractivity contribution in [1.29, 1.82) is 0 Å². The lowest BCUT2D eigenvalue weighted by molar-refractivity contribution is -0.132. The zero-order valence-electron chi connectivity index (χ0n) is 25.2. The number of hydrogen-bond donors (Lipinski definition) is 1. The average Bonchev–Trinajstić information content (AvgIpc) is 3.64. The standard InChI is InChI=1S/C35H31N3O5S2/c1-20(2)21-12-14-23(15-13-21)30-29(31(39)24-16-17-27(42-3)28(18-24)43-4)32(40)33(41)38(30)34-36-37-35(45-34)44-19-25-10-7-9-22-8-5-6-11-26(22)25/h5-18,20,30,39H,19H2,1-4H3. The fourth-order valence-electron chi connectivity index (χ4n) is 5.46. The van der Waals surface area contributed by atoms with E-state index >= 15 is 0 Å². The maximum Gasteiger partial charge on any atom is 0.301 e. The van der Waals surface area contributed by atoms with Gasteiger partial charge in [0.1, 0.15) is 5.76 Å². The number of aliphatic hydroxyl groups is 1. The number of rotatable bonds is 9. The fourth-order valence-corrected chi connectivity index (χ4v) is 7.33. The molecule has 0 radical (unpaired) electrons. The first-order chi connectivity index (χ1) is 21.8. The van der Waals surface area contributed by atoms with Crippen molar-refractivity contribution < 1.29 is 24.2 Å². The summed E-state index contributed by atoms with van der Waals surface area (Å²) in [5.74, 6) is -0.0966. The Bertz CT molecular complexity index is 1930. The number of methoxy groups -OCH3 is 2. The molecule has 1 aliphatic rings. The largest absolute Gasteiger partial charge is 0.507 e. The molecule has 1 saturated heterocycles. The van der Waals surface area contributed by atoms with Crippen LogP contribution in [0.4, 0.5) is 5.13 Å². The number of amides is 1. The molecule has 5 aromatic rings. The highest BCUT2D eigenvalue weighted by Gasteiger charge is 2.48. The maximum absolute atomic E-state index is 13.7. The van der Waals surface area contributed by atoms with E-state index in [0.29, 0.717) is 38.6 Å². The van der Waals surface area contributed by atoms with Crippen molar-refractivity contribution in [3.63, 3.8) is 0 Å². The summed E-state index contributed by atoms with van der Waals surface area (Å²) < 4.78 is 11.4. The Hall–Kier alpha value is -4.67. The second-order valence-electron chi connectivity index (χ2n) is 10.8. The van der Waals surface area contributed by atoms with Crippen molar-refractivity contribution >= 4 is 56.5 Å². The normalized spacial score (nSPS) is 16.1. The van der Waals surface area contributed by atoms with Crippen LogP contribution in [0.5, 0.6) is 11.5 Å². The molecule has 1 fully saturated rings. The van der Waals surface area contributed by atoms with Crippen LogP contribution in [0.2, 0.25) is 0 Å². The van der Waals surface area contributed by atoms with Gasteiger partial charge in [-0.25, -0.2) is 0 Å². The van der Waals surface area contributed by atoms with Crippen LogP contribution >= 0.6 is 23.1 Å². The summed E-state index contributed by atoms with van der Waals surface area (Å²) >= 11 is 2.76. The van der Waals surface area contributed by atoms with Crippen molar-refractivity contribution in [2.45, 2.75) is 35.9 Å². The average molecular weight is 638 g/mol. The molecule has 228 valence electrons. The van der Waals surface area contributed by atoms with Crippen LogP contribution in [-0.4, -0.2) is 41.2 Å². The first kappa shape index (κ1) is 30.4. The molecule has 8 nitrogen and oxygen atoms in total. The first-order valence-corrected chi connectivity index (χ1v) is 16.2. The lowest BCUT2D eigenvalue weighted by Gasteiger charge is -2.23. The Balaban J connectivity index is 1.39. The highest BCUT2D eigenvalue weighted by atomic mass is 32.2. The van der Waals surface area contributed by atoms with Gasteiger partial charge in [0.25, 0.3) is 5.78 Å². The summed E-state index contributed by atoms with van der Waals surface area (Å²) in [4.78, 5) is 28.7. The molecule has 1 amide bonds. The minimum Gasteiger partial charge on any atom is -0.507 e. The van der Waals surface area contributed by atoms with Crippen LogP contribution in [0.15, 0.2) is 94.8 Å². The number of nitrogens with zero attached hydrogens (tertiary/aromatic N) is 3. The van der Waals surface area contributed by atoms with Crippen molar-refractivity contribution in [2.75, 3.05) is 19.1 Å². The van der Waals surface area contributed by atoms with E-state index in [0.717, 1.165) is 16.5 Å². The number of fused-ring (bicyclic) bond motifs is 1. The molecule has 1 atom stereocenters. The molecule has 1 N–H and O–H groups in total. The third kappa shape index (κ3) is 5.79. The Morgan fingerprint density at radius 1 is 0.933 bits per heavy atom. The second kappa shape index (κ2) is 12.7. The monoisotopic (exact) mass is 637 g/mol. The Morgan fingerprint density at radius 2 is 1.67 bits per heavy atom. The van der Waals surface area contributed by atoms with Crippen molar-refractivity contribution in [2.24, 2.45) is 0 Å². The van der Waals surface area contributed by atoms with Gasteiger partial charge in [-0.15, -0.1) is 10.2 Å². The zero-order chi connectivity index (χ0) is 31.7. The molecule has 10 heteroatoms. The number of thioether (sulfide) groups is 1. The smallest absolute Gasteiger partial charge is 0.301 e. The number of ether oxygens (including phenoxy) is 2. The summed E-state index contributed by atoms with van der Waals surface area (Å²) in [5, 5.41) is 22.9. The van der Waals surface area contributed by atoms with Crippen LogP contribution in [0.1, 0.15) is 48.1 Å². The summed E-state index contributed by atoms with van der Waals surface area (Å²) in [7, 11) is 3.00. The Labute approximate surface area is 269 Å². The number of carbonyl (C=O) groups is 2. The highest BCUT2D eigenvalue weighted by molar-refractivity contribution is 8.00. The molecule has 1 aromatic heterocycles. The molecule has 4 aromatic carbocycles. The molecule has 0 saturated carbocycles. The predicted molar refractivity (Wildman–Crippen MR) is 178 cm³/mol. The number of Topliss-reactive ketones (excluding diaryl/α,β-unsaturated/α-hetero) is 1. The topological polar surface area (TPSA) is 102 Å². The minimum atomic E-state index is -0.914. The van der Waals surface area contributed by atoms with E-state index in [1.54, 1.807) is 18.2 Å². The minimum absolute atomic E-state index is 0.0373. The van der Waals surface area contributed by atoms with Crippen LogP contribution in [0, 0.1) is 0 Å². The van der Waals surface area contributed by atoms with Gasteiger partial charge < -0.3 is 14.6 Å². The number of carbonyl (C=O) groups excluding carboxylic acids is 2. The number of aliphatic hydroxyl groups excluding tert-OH is 1. The Kier molecular flexibility index (Phi) is 8.60. The van der Waals surface area contributed by atoms with Crippen molar-refractivity contribution in [3.05, 3.63) is 113 Å². The van der Waals surface area contributed by atoms with Gasteiger partial charge in [0.05, 0.1) is 25.8 Å². The lowest BCUT2D eigenvalue weighted by atomic mass is 9.93. The van der Waals surface area contributed by atoms with E-state index < -0.39 is 17.7 Å². The van der Waals surface area contributed by atoms with Crippen LogP contribution in [0.3, 0.4) is 0 Å². The second-order valence-corrected chi connectivity index (χ2v) is 13.0. The van der Waals surface area contributed by atoms with Gasteiger partial charge in [0.2, 0.25) is 5.13 Å². The molecule has 1 unspecified atom stereocenters. The molecule has 45 heavy (non-hydrogen) atoms. The molecular formula is C35H31N3O5S2. The number of aromatic nitrogens is 2. The number of anilines is 1. The van der Waals surface area contributed by atoms with E-state index in [-0.39, 0.29) is 16.5 Å². The fraction of sp³-hybridized carbons (Fsp3) is 0.200. The SMILES string of the molecule is COc1ccc(C(O)=C2C(=O)C(=O)N(c3nnc(SCc4cccc5ccccc45)s3)C2c2ccc(C(C)C)cc2)cc1OC. The number of ketones is 1. The Morgan fingerprint density at radius 3 is 2.40 bits per heavy atom. The maximum atomic E-state index is 13.7. The summed E-state index contributed by atoms with van der Waals surface area (Å²) in [6.07, 6.45) is 0. The molecule has 6 rings (SSSR count). The van der Waals surface area contributed by atoms with Gasteiger partial charge in [-0.05, 0) is 51.6 Å². The van der Waals surface area contributed by atoms with Crippen LogP contribution in [0.25, 0.3) is 16.5 Å². The van der Waals surface area contributed by atoms with E-state index in [9.17, 15) is 14.7 Å². The summed E-state index contributed by atoms with van der Waals surface area (Å²) in [5.41, 5.74) is 3.22. The first-order valence-electron chi connectivity index (χ1n) is 14.4. The van der Waals surface area contributed by atoms with Crippen LogP contribution in [-0.2, 0) is 15.3 Å². The number of benzene rings is 4. The molecule has 0 bridgehead atoms. The highest BCUT2D eigenvalue weighted by Crippen LogP contribution is 2.45. The third-order valence-corrected chi connectivity index (χ3v) is 9.96. The molecule has 0 aliphatic carbocycles. The zero-order valence-corrected chi connectivity index (χ0v) is 26.8. The van der Waals surface area contributed by atoms with Gasteiger partial charge in [-0.1, -0.05) is 104 Å². The molecule has 0 spiro atoms. The predicted octanol–water partition coefficient (Wildman–Crippen LogP) is 7.75. The third-order valence-electron chi connectivity index (χ3n) is 7.85. The quantitative estimate of drug-likeness (QED) is 0.0576. The van der Waals surface area contributed by atoms with Gasteiger partial charge in [0.15, 0.2) is 15.8 Å².